The molecule has 0 atom stereocenters. The molecule has 0 aliphatic heterocycles. The number of pyridine rings is 1. The molecule has 3 nitrogen and oxygen atoms in total. The van der Waals surface area contributed by atoms with Crippen molar-refractivity contribution in [1.29, 1.82) is 0 Å². The van der Waals surface area contributed by atoms with Crippen molar-refractivity contribution in [3.05, 3.63) is 65.9 Å². The van der Waals surface area contributed by atoms with Crippen LogP contribution in [-0.4, -0.2) is 10.1 Å². The van der Waals surface area contributed by atoms with E-state index in [0.717, 1.165) is 16.5 Å². The second-order valence-corrected chi connectivity index (χ2v) is 4.71. The Morgan fingerprint density at radius 1 is 1.05 bits per heavy atom. The molecule has 0 saturated carbocycles. The van der Waals surface area contributed by atoms with Crippen molar-refractivity contribution in [1.82, 2.24) is 4.98 Å². The van der Waals surface area contributed by atoms with Gasteiger partial charge in [-0.25, -0.2) is 4.98 Å². The average molecular weight is 265 g/mol. The van der Waals surface area contributed by atoms with E-state index in [0.29, 0.717) is 11.6 Å². The summed E-state index contributed by atoms with van der Waals surface area (Å²) in [6, 6.07) is 17.5. The van der Waals surface area contributed by atoms with Gasteiger partial charge in [0.2, 0.25) is 5.88 Å². The number of hydrogen-bond donors (Lipinski definition) is 1. The molecular formula is C17H15NO2. The minimum Gasteiger partial charge on any atom is -0.438 e. The fourth-order valence-corrected chi connectivity index (χ4v) is 2.10. The topological polar surface area (TPSA) is 42.4 Å². The van der Waals surface area contributed by atoms with Gasteiger partial charge in [0, 0.05) is 5.39 Å². The number of aliphatic hydroxyl groups excluding tert-OH is 1. The number of aliphatic hydroxyl groups is 1. The van der Waals surface area contributed by atoms with Crippen LogP contribution in [-0.2, 0) is 6.61 Å². The molecule has 3 aromatic rings. The maximum absolute atomic E-state index is 9.31. The summed E-state index contributed by atoms with van der Waals surface area (Å²) in [4.78, 5) is 4.36. The van der Waals surface area contributed by atoms with Gasteiger partial charge in [-0.05, 0) is 36.6 Å². The monoisotopic (exact) mass is 265 g/mol. The van der Waals surface area contributed by atoms with E-state index in [1.54, 1.807) is 0 Å². The Morgan fingerprint density at radius 3 is 2.55 bits per heavy atom. The van der Waals surface area contributed by atoms with Crippen LogP contribution in [0.5, 0.6) is 11.6 Å². The third kappa shape index (κ3) is 2.49. The molecule has 1 N–H and O–H groups in total. The molecule has 1 aromatic heterocycles. The molecule has 20 heavy (non-hydrogen) atoms. The summed E-state index contributed by atoms with van der Waals surface area (Å²) in [7, 11) is 0. The van der Waals surface area contributed by atoms with Gasteiger partial charge in [0.15, 0.2) is 0 Å². The summed E-state index contributed by atoms with van der Waals surface area (Å²) in [5.74, 6) is 1.26. The zero-order valence-corrected chi connectivity index (χ0v) is 11.2. The number of fused-ring (bicyclic) bond motifs is 1. The fourth-order valence-electron chi connectivity index (χ4n) is 2.10. The van der Waals surface area contributed by atoms with Crippen LogP contribution in [0.15, 0.2) is 54.6 Å². The zero-order chi connectivity index (χ0) is 13.9. The number of nitrogens with zero attached hydrogens (tertiary/aromatic N) is 1. The van der Waals surface area contributed by atoms with E-state index >= 15 is 0 Å². The van der Waals surface area contributed by atoms with E-state index in [-0.39, 0.29) is 6.61 Å². The minimum absolute atomic E-state index is 0.102. The SMILES string of the molecule is Cc1ccc(Oc2nc(CO)cc3ccccc23)cc1. The Hall–Kier alpha value is -2.39. The van der Waals surface area contributed by atoms with Gasteiger partial charge in [-0.1, -0.05) is 35.9 Å². The Labute approximate surface area is 117 Å². The molecule has 3 rings (SSSR count). The number of aryl methyl sites for hydroxylation is 1. The van der Waals surface area contributed by atoms with Crippen LogP contribution < -0.4 is 4.74 Å². The highest BCUT2D eigenvalue weighted by atomic mass is 16.5. The first-order chi connectivity index (χ1) is 9.76. The summed E-state index contributed by atoms with van der Waals surface area (Å²) in [6.07, 6.45) is 0. The summed E-state index contributed by atoms with van der Waals surface area (Å²) in [6.45, 7) is 1.93. The zero-order valence-electron chi connectivity index (χ0n) is 11.2. The molecule has 3 heteroatoms. The predicted octanol–water partition coefficient (Wildman–Crippen LogP) is 3.83. The molecule has 0 spiro atoms. The molecule has 0 saturated heterocycles. The highest BCUT2D eigenvalue weighted by Gasteiger charge is 2.07. The standard InChI is InChI=1S/C17H15NO2/c1-12-6-8-15(9-7-12)20-17-16-5-3-2-4-13(16)10-14(11-19)18-17/h2-10,19H,11H2,1H3. The molecule has 0 bridgehead atoms. The lowest BCUT2D eigenvalue weighted by atomic mass is 10.1. The first-order valence-electron chi connectivity index (χ1n) is 6.50. The van der Waals surface area contributed by atoms with Crippen LogP contribution >= 0.6 is 0 Å². The third-order valence-electron chi connectivity index (χ3n) is 3.16. The van der Waals surface area contributed by atoms with Crippen molar-refractivity contribution in [3.63, 3.8) is 0 Å². The number of hydrogen-bond acceptors (Lipinski definition) is 3. The molecule has 0 aliphatic rings. The summed E-state index contributed by atoms with van der Waals surface area (Å²) in [5.41, 5.74) is 1.78. The maximum Gasteiger partial charge on any atom is 0.227 e. The normalized spacial score (nSPS) is 10.7. The Bertz CT molecular complexity index is 736. The lowest BCUT2D eigenvalue weighted by Crippen LogP contribution is -1.95. The maximum atomic E-state index is 9.31. The molecule has 0 unspecified atom stereocenters. The first kappa shape index (κ1) is 12.6. The van der Waals surface area contributed by atoms with Crippen molar-refractivity contribution in [3.8, 4) is 11.6 Å². The van der Waals surface area contributed by atoms with E-state index in [4.69, 9.17) is 4.74 Å². The van der Waals surface area contributed by atoms with Gasteiger partial charge in [-0.15, -0.1) is 0 Å². The molecule has 0 aliphatic carbocycles. The number of aromatic nitrogens is 1. The lowest BCUT2D eigenvalue weighted by molar-refractivity contribution is 0.275. The van der Waals surface area contributed by atoms with Gasteiger partial charge in [-0.3, -0.25) is 0 Å². The predicted molar refractivity (Wildman–Crippen MR) is 78.9 cm³/mol. The van der Waals surface area contributed by atoms with E-state index in [2.05, 4.69) is 4.98 Å². The molecule has 1 heterocycles. The average Bonchev–Trinajstić information content (AvgIpc) is 2.49. The van der Waals surface area contributed by atoms with Crippen molar-refractivity contribution in [2.75, 3.05) is 0 Å². The second-order valence-electron chi connectivity index (χ2n) is 4.71. The summed E-state index contributed by atoms with van der Waals surface area (Å²) < 4.78 is 5.87. The third-order valence-corrected chi connectivity index (χ3v) is 3.16. The molecule has 0 fully saturated rings. The second kappa shape index (κ2) is 5.31. The number of benzene rings is 2. The van der Waals surface area contributed by atoms with E-state index < -0.39 is 0 Å². The quantitative estimate of drug-likeness (QED) is 0.782. The van der Waals surface area contributed by atoms with Crippen molar-refractivity contribution >= 4 is 10.8 Å². The van der Waals surface area contributed by atoms with Gasteiger partial charge in [0.1, 0.15) is 5.75 Å². The molecule has 100 valence electrons. The van der Waals surface area contributed by atoms with Gasteiger partial charge in [0.05, 0.1) is 12.3 Å². The fraction of sp³-hybridized carbons (Fsp3) is 0.118. The largest absolute Gasteiger partial charge is 0.438 e. The Kier molecular flexibility index (Phi) is 3.35. The summed E-state index contributed by atoms with van der Waals surface area (Å²) >= 11 is 0. The number of rotatable bonds is 3. The van der Waals surface area contributed by atoms with Crippen LogP contribution in [0.25, 0.3) is 10.8 Å². The van der Waals surface area contributed by atoms with Crippen molar-refractivity contribution in [2.45, 2.75) is 13.5 Å². The van der Waals surface area contributed by atoms with E-state index in [1.165, 1.54) is 5.56 Å². The van der Waals surface area contributed by atoms with Crippen LogP contribution in [0.3, 0.4) is 0 Å². The van der Waals surface area contributed by atoms with Gasteiger partial charge >= 0.3 is 0 Å². The van der Waals surface area contributed by atoms with Crippen LogP contribution in [0.1, 0.15) is 11.3 Å². The highest BCUT2D eigenvalue weighted by Crippen LogP contribution is 2.28. The Morgan fingerprint density at radius 2 is 1.80 bits per heavy atom. The van der Waals surface area contributed by atoms with Gasteiger partial charge in [-0.2, -0.15) is 0 Å². The summed E-state index contributed by atoms with van der Waals surface area (Å²) in [5, 5.41) is 11.2. The van der Waals surface area contributed by atoms with Crippen LogP contribution in [0.2, 0.25) is 0 Å². The molecule has 0 amide bonds. The van der Waals surface area contributed by atoms with Gasteiger partial charge in [0.25, 0.3) is 0 Å². The lowest BCUT2D eigenvalue weighted by Gasteiger charge is -2.10. The first-order valence-corrected chi connectivity index (χ1v) is 6.50. The van der Waals surface area contributed by atoms with Gasteiger partial charge < -0.3 is 9.84 Å². The van der Waals surface area contributed by atoms with Crippen LogP contribution in [0, 0.1) is 6.92 Å². The smallest absolute Gasteiger partial charge is 0.227 e. The Balaban J connectivity index is 2.07. The number of ether oxygens (including phenoxy) is 1. The molecule has 2 aromatic carbocycles. The van der Waals surface area contributed by atoms with Crippen molar-refractivity contribution < 1.29 is 9.84 Å². The molecule has 0 radical (unpaired) electrons. The van der Waals surface area contributed by atoms with E-state index in [9.17, 15) is 5.11 Å². The molecular weight excluding hydrogens is 250 g/mol. The highest BCUT2D eigenvalue weighted by molar-refractivity contribution is 5.87. The van der Waals surface area contributed by atoms with E-state index in [1.807, 2.05) is 61.5 Å². The van der Waals surface area contributed by atoms with Crippen molar-refractivity contribution in [2.24, 2.45) is 0 Å². The minimum atomic E-state index is -0.102. The van der Waals surface area contributed by atoms with Crippen LogP contribution in [0.4, 0.5) is 0 Å².